The maximum absolute atomic E-state index is 12.9. The second kappa shape index (κ2) is 31.2. The summed E-state index contributed by atoms with van der Waals surface area (Å²) in [7, 11) is 0. The first-order valence-electron chi connectivity index (χ1n) is 21.0. The third-order valence-corrected chi connectivity index (χ3v) is 10.7. The van der Waals surface area contributed by atoms with Crippen molar-refractivity contribution in [3.8, 4) is 0 Å². The van der Waals surface area contributed by atoms with Crippen molar-refractivity contribution >= 4 is 30.2 Å². The van der Waals surface area contributed by atoms with Gasteiger partial charge in [-0.15, -0.1) is 0 Å². The first-order valence-corrected chi connectivity index (χ1v) is 21.0. The molecule has 320 valence electrons. The van der Waals surface area contributed by atoms with Gasteiger partial charge in [0.25, 0.3) is 6.47 Å². The Morgan fingerprint density at radius 2 is 1.09 bits per heavy atom. The van der Waals surface area contributed by atoms with Crippen molar-refractivity contribution < 1.29 is 39.3 Å². The summed E-state index contributed by atoms with van der Waals surface area (Å²) in [6.07, 6.45) is 9.17. The number of aliphatic carboxylic acids is 2. The van der Waals surface area contributed by atoms with Crippen molar-refractivity contribution in [1.82, 2.24) is 39.6 Å². The average molecular weight is 785 g/mol. The third kappa shape index (κ3) is 23.1. The molecule has 3 aliphatic rings. The van der Waals surface area contributed by atoms with E-state index < -0.39 is 11.9 Å². The second-order valence-corrected chi connectivity index (χ2v) is 14.5. The van der Waals surface area contributed by atoms with Crippen molar-refractivity contribution in [3.05, 3.63) is 0 Å². The minimum absolute atomic E-state index is 0.0468. The Bertz CT molecular complexity index is 1060. The standard InChI is InChI=1S/C36H68N8O6.C2H6.CH2O2/c1-3-5-9-14-39-25-27-43(28-26-39)32-11-15-44(16-12-32)34(46)10-7-6-8-13-37-33(45)29-40-19-17-38(4-2)18-20-41(30-35(47)48)23-24-42(22-21-40)31-36(49)50;1-2;2-1-3/h32H,3-31H2,1-2H3,(H,37,45)(H,47,48)(H,49,50);1-2H3;1H,(H,2,3). The smallest absolute Gasteiger partial charge is 0.317 e. The quantitative estimate of drug-likeness (QED) is 0.116. The van der Waals surface area contributed by atoms with Crippen LogP contribution in [0.25, 0.3) is 0 Å². The summed E-state index contributed by atoms with van der Waals surface area (Å²) in [6.45, 7) is 21.8. The zero-order valence-electron chi connectivity index (χ0n) is 34.7. The number of likely N-dealkylation sites (tertiary alicyclic amines) is 1. The van der Waals surface area contributed by atoms with Crippen LogP contribution in [-0.2, 0) is 24.0 Å². The van der Waals surface area contributed by atoms with E-state index in [1.807, 2.05) is 23.6 Å². The molecule has 16 heteroatoms. The number of hydrogen-bond acceptors (Lipinski definition) is 11. The summed E-state index contributed by atoms with van der Waals surface area (Å²) < 4.78 is 0. The molecule has 0 aliphatic carbocycles. The minimum atomic E-state index is -0.924. The molecular weight excluding hydrogens is 708 g/mol. The van der Waals surface area contributed by atoms with E-state index in [1.165, 1.54) is 38.9 Å². The van der Waals surface area contributed by atoms with Gasteiger partial charge in [0, 0.05) is 111 Å². The van der Waals surface area contributed by atoms with Crippen LogP contribution < -0.4 is 5.32 Å². The van der Waals surface area contributed by atoms with E-state index in [9.17, 15) is 29.4 Å². The number of piperidine rings is 1. The molecule has 4 N–H and O–H groups in total. The average Bonchev–Trinajstić information content (AvgIpc) is 3.17. The van der Waals surface area contributed by atoms with E-state index in [1.54, 1.807) is 0 Å². The molecule has 2 amide bonds. The summed E-state index contributed by atoms with van der Waals surface area (Å²) in [6, 6.07) is 0.605. The van der Waals surface area contributed by atoms with Crippen LogP contribution in [0.15, 0.2) is 0 Å². The Morgan fingerprint density at radius 1 is 0.618 bits per heavy atom. The number of unbranched alkanes of at least 4 members (excludes halogenated alkanes) is 4. The second-order valence-electron chi connectivity index (χ2n) is 14.5. The van der Waals surface area contributed by atoms with Gasteiger partial charge >= 0.3 is 11.9 Å². The molecule has 0 bridgehead atoms. The SMILES string of the molecule is CC.CCCCCN1CCN(C2CCN(C(=O)CCCCCNC(=O)CN3CCN(CC)CCN(CC(=O)O)CCN(CC(=O)O)CC3)CC2)CC1.O=CO. The Kier molecular flexibility index (Phi) is 28.5. The molecule has 0 spiro atoms. The number of carbonyl (C=O) groups excluding carboxylic acids is 2. The number of hydrogen-bond donors (Lipinski definition) is 4. The predicted octanol–water partition coefficient (Wildman–Crippen LogP) is 1.60. The minimum Gasteiger partial charge on any atom is -0.483 e. The molecule has 3 heterocycles. The zero-order chi connectivity index (χ0) is 40.8. The van der Waals surface area contributed by atoms with Crippen LogP contribution >= 0.6 is 0 Å². The van der Waals surface area contributed by atoms with Crippen LogP contribution in [-0.4, -0.2) is 217 Å². The lowest BCUT2D eigenvalue weighted by molar-refractivity contribution is -0.140. The molecular formula is C39H76N8O8. The summed E-state index contributed by atoms with van der Waals surface area (Å²) in [4.78, 5) is 72.4. The van der Waals surface area contributed by atoms with Crippen molar-refractivity contribution in [2.45, 2.75) is 91.5 Å². The fraction of sp³-hybridized carbons (Fsp3) is 0.872. The molecule has 0 radical (unpaired) electrons. The number of rotatable bonds is 18. The number of carboxylic acid groups (broad SMARTS) is 3. The molecule has 0 aromatic rings. The number of carbonyl (C=O) groups is 5. The molecule has 55 heavy (non-hydrogen) atoms. The number of nitrogens with zero attached hydrogens (tertiary/aromatic N) is 7. The summed E-state index contributed by atoms with van der Waals surface area (Å²) >= 11 is 0. The van der Waals surface area contributed by atoms with Crippen LogP contribution in [0.4, 0.5) is 0 Å². The van der Waals surface area contributed by atoms with Gasteiger partial charge in [0.05, 0.1) is 19.6 Å². The highest BCUT2D eigenvalue weighted by Crippen LogP contribution is 2.20. The highest BCUT2D eigenvalue weighted by Gasteiger charge is 2.29. The topological polar surface area (TPSA) is 181 Å². The lowest BCUT2D eigenvalue weighted by atomic mass is 10.0. The third-order valence-electron chi connectivity index (χ3n) is 10.7. The molecule has 3 fully saturated rings. The highest BCUT2D eigenvalue weighted by atomic mass is 16.4. The molecule has 0 aromatic carbocycles. The summed E-state index contributed by atoms with van der Waals surface area (Å²) in [5.41, 5.74) is 0. The van der Waals surface area contributed by atoms with Gasteiger partial charge in [-0.25, -0.2) is 0 Å². The van der Waals surface area contributed by atoms with Gasteiger partial charge in [0.2, 0.25) is 11.8 Å². The van der Waals surface area contributed by atoms with E-state index in [0.29, 0.717) is 64.8 Å². The highest BCUT2D eigenvalue weighted by molar-refractivity contribution is 5.78. The zero-order valence-corrected chi connectivity index (χ0v) is 34.7. The Labute approximate surface area is 331 Å². The monoisotopic (exact) mass is 785 g/mol. The van der Waals surface area contributed by atoms with E-state index in [4.69, 9.17) is 9.90 Å². The fourth-order valence-electron chi connectivity index (χ4n) is 7.39. The lowest BCUT2D eigenvalue weighted by Gasteiger charge is -2.42. The van der Waals surface area contributed by atoms with Crippen molar-refractivity contribution in [3.63, 3.8) is 0 Å². The van der Waals surface area contributed by atoms with Crippen LogP contribution in [0.1, 0.15) is 85.5 Å². The van der Waals surface area contributed by atoms with Crippen LogP contribution in [0.3, 0.4) is 0 Å². The molecule has 0 unspecified atom stereocenters. The van der Waals surface area contributed by atoms with Crippen molar-refractivity contribution in [1.29, 1.82) is 0 Å². The Morgan fingerprint density at radius 3 is 1.56 bits per heavy atom. The number of likely N-dealkylation sites (N-methyl/N-ethyl adjacent to an activating group) is 1. The van der Waals surface area contributed by atoms with Gasteiger partial charge < -0.3 is 35.3 Å². The molecule has 0 aromatic heterocycles. The molecule has 0 atom stereocenters. The van der Waals surface area contributed by atoms with Gasteiger partial charge in [0.1, 0.15) is 0 Å². The van der Waals surface area contributed by atoms with Gasteiger partial charge in [-0.1, -0.05) is 47.0 Å². The van der Waals surface area contributed by atoms with Crippen LogP contribution in [0, 0.1) is 0 Å². The predicted molar refractivity (Wildman–Crippen MR) is 215 cm³/mol. The van der Waals surface area contributed by atoms with Crippen molar-refractivity contribution in [2.24, 2.45) is 0 Å². The fourth-order valence-corrected chi connectivity index (χ4v) is 7.39. The summed E-state index contributed by atoms with van der Waals surface area (Å²) in [5.74, 6) is -1.60. The Hall–Kier alpha value is -2.89. The van der Waals surface area contributed by atoms with Gasteiger partial charge in [0.15, 0.2) is 0 Å². The summed E-state index contributed by atoms with van der Waals surface area (Å²) in [5, 5.41) is 28.7. The van der Waals surface area contributed by atoms with Crippen LogP contribution in [0.5, 0.6) is 0 Å². The molecule has 3 rings (SSSR count). The first-order chi connectivity index (χ1) is 26.6. The van der Waals surface area contributed by atoms with Gasteiger partial charge in [-0.3, -0.25) is 43.6 Å². The first kappa shape index (κ1) is 50.1. The number of piperazine rings is 1. The number of carboxylic acids is 2. The number of amides is 2. The van der Waals surface area contributed by atoms with Crippen LogP contribution in [0.2, 0.25) is 0 Å². The lowest BCUT2D eigenvalue weighted by Crippen LogP contribution is -2.53. The molecule has 3 saturated heterocycles. The molecule has 16 nitrogen and oxygen atoms in total. The van der Waals surface area contributed by atoms with E-state index >= 15 is 0 Å². The van der Waals surface area contributed by atoms with E-state index in [0.717, 1.165) is 71.4 Å². The molecule has 0 saturated carbocycles. The van der Waals surface area contributed by atoms with E-state index in [2.05, 4.69) is 43.7 Å². The van der Waals surface area contributed by atoms with E-state index in [-0.39, 0.29) is 37.9 Å². The largest absolute Gasteiger partial charge is 0.483 e. The normalized spacial score (nSPS) is 19.5. The van der Waals surface area contributed by atoms with Crippen molar-refractivity contribution in [2.75, 3.05) is 131 Å². The molecule has 3 aliphatic heterocycles. The number of nitrogens with one attached hydrogen (secondary N) is 1. The van der Waals surface area contributed by atoms with Gasteiger partial charge in [-0.2, -0.15) is 0 Å². The maximum atomic E-state index is 12.9. The maximum Gasteiger partial charge on any atom is 0.317 e. The van der Waals surface area contributed by atoms with Gasteiger partial charge in [-0.05, 0) is 45.2 Å². The Balaban J connectivity index is 0.00000288.